The average Bonchev–Trinajstić information content (AvgIpc) is 2.61. The molecule has 2 amide bonds. The van der Waals surface area contributed by atoms with Crippen molar-refractivity contribution in [3.8, 4) is 0 Å². The van der Waals surface area contributed by atoms with E-state index in [1.54, 1.807) is 0 Å². The minimum Gasteiger partial charge on any atom is -0.379 e. The van der Waals surface area contributed by atoms with Gasteiger partial charge < -0.3 is 20.3 Å². The van der Waals surface area contributed by atoms with Gasteiger partial charge in [0.25, 0.3) is 0 Å². The highest BCUT2D eigenvalue weighted by Gasteiger charge is 2.24. The van der Waals surface area contributed by atoms with Crippen LogP contribution >= 0.6 is 0 Å². The summed E-state index contributed by atoms with van der Waals surface area (Å²) in [5.41, 5.74) is 0. The Labute approximate surface area is 153 Å². The minimum atomic E-state index is -0.0359. The van der Waals surface area contributed by atoms with E-state index < -0.39 is 0 Å². The molecular formula is C19H38N4O2. The van der Waals surface area contributed by atoms with Crippen molar-refractivity contribution in [2.24, 2.45) is 11.8 Å². The van der Waals surface area contributed by atoms with Gasteiger partial charge >= 0.3 is 6.03 Å². The Morgan fingerprint density at radius 2 is 1.80 bits per heavy atom. The minimum absolute atomic E-state index is 0.0359. The first-order chi connectivity index (χ1) is 12.1. The third-order valence-corrected chi connectivity index (χ3v) is 5.57. The van der Waals surface area contributed by atoms with Crippen molar-refractivity contribution in [1.29, 1.82) is 0 Å². The van der Waals surface area contributed by atoms with Gasteiger partial charge in [0.15, 0.2) is 0 Å². The van der Waals surface area contributed by atoms with E-state index in [1.165, 1.54) is 25.9 Å². The van der Waals surface area contributed by atoms with Crippen LogP contribution in [0.5, 0.6) is 0 Å². The molecule has 2 aliphatic rings. The molecule has 146 valence electrons. The lowest BCUT2D eigenvalue weighted by molar-refractivity contribution is 0.00720. The fourth-order valence-corrected chi connectivity index (χ4v) is 3.75. The van der Waals surface area contributed by atoms with Crippen LogP contribution in [0.2, 0.25) is 0 Å². The van der Waals surface area contributed by atoms with Crippen LogP contribution in [-0.2, 0) is 4.74 Å². The van der Waals surface area contributed by atoms with Gasteiger partial charge in [0, 0.05) is 32.2 Å². The number of hydrogen-bond acceptors (Lipinski definition) is 4. The van der Waals surface area contributed by atoms with Crippen LogP contribution < -0.4 is 10.6 Å². The number of morpholine rings is 1. The summed E-state index contributed by atoms with van der Waals surface area (Å²) in [4.78, 5) is 17.0. The first-order valence-electron chi connectivity index (χ1n) is 10.1. The van der Waals surface area contributed by atoms with Gasteiger partial charge in [0.1, 0.15) is 0 Å². The molecule has 0 aromatic rings. The standard InChI is InChI=1S/C19H38N4O2/c1-16(2)18(23-11-13-25-14-12-23)15-21-19(24)20-7-4-8-22-9-5-17(3)6-10-22/h16-18H,4-15H2,1-3H3,(H2,20,21,24). The molecular weight excluding hydrogens is 316 g/mol. The lowest BCUT2D eigenvalue weighted by atomic mass is 9.99. The van der Waals surface area contributed by atoms with Crippen LogP contribution in [0.4, 0.5) is 4.79 Å². The van der Waals surface area contributed by atoms with Gasteiger partial charge in [-0.25, -0.2) is 4.79 Å². The van der Waals surface area contributed by atoms with Crippen molar-refractivity contribution in [2.75, 3.05) is 59.0 Å². The van der Waals surface area contributed by atoms with Crippen LogP contribution in [0.25, 0.3) is 0 Å². The van der Waals surface area contributed by atoms with Crippen LogP contribution in [-0.4, -0.2) is 80.9 Å². The molecule has 25 heavy (non-hydrogen) atoms. The molecule has 0 aliphatic carbocycles. The number of likely N-dealkylation sites (tertiary alicyclic amines) is 1. The fourth-order valence-electron chi connectivity index (χ4n) is 3.75. The average molecular weight is 355 g/mol. The zero-order chi connectivity index (χ0) is 18.1. The molecule has 2 rings (SSSR count). The van der Waals surface area contributed by atoms with Crippen LogP contribution in [0.1, 0.15) is 40.0 Å². The predicted molar refractivity (Wildman–Crippen MR) is 102 cm³/mol. The van der Waals surface area contributed by atoms with E-state index in [0.717, 1.165) is 51.7 Å². The second-order valence-electron chi connectivity index (χ2n) is 7.97. The smallest absolute Gasteiger partial charge is 0.314 e. The Balaban J connectivity index is 1.57. The van der Waals surface area contributed by atoms with E-state index in [9.17, 15) is 4.79 Å². The van der Waals surface area contributed by atoms with Crippen LogP contribution in [0.3, 0.4) is 0 Å². The first kappa shape index (κ1) is 20.5. The Morgan fingerprint density at radius 1 is 1.12 bits per heavy atom. The molecule has 6 heteroatoms. The van der Waals surface area contributed by atoms with Gasteiger partial charge in [-0.15, -0.1) is 0 Å². The van der Waals surface area contributed by atoms with Gasteiger partial charge in [-0.1, -0.05) is 20.8 Å². The lowest BCUT2D eigenvalue weighted by Gasteiger charge is -2.36. The van der Waals surface area contributed by atoms with Gasteiger partial charge in [0.05, 0.1) is 13.2 Å². The molecule has 2 N–H and O–H groups in total. The number of nitrogens with zero attached hydrogens (tertiary/aromatic N) is 2. The molecule has 0 aromatic carbocycles. The van der Waals surface area contributed by atoms with Gasteiger partial charge in [-0.05, 0) is 50.7 Å². The summed E-state index contributed by atoms with van der Waals surface area (Å²) >= 11 is 0. The number of rotatable bonds is 8. The number of piperidine rings is 1. The highest BCUT2D eigenvalue weighted by atomic mass is 16.5. The second-order valence-corrected chi connectivity index (χ2v) is 7.97. The van der Waals surface area contributed by atoms with E-state index in [1.807, 2.05) is 0 Å². The van der Waals surface area contributed by atoms with Crippen molar-refractivity contribution >= 4 is 6.03 Å². The van der Waals surface area contributed by atoms with Gasteiger partial charge in [0.2, 0.25) is 0 Å². The maximum atomic E-state index is 12.1. The molecule has 0 saturated carbocycles. The normalized spacial score (nSPS) is 22.1. The van der Waals surface area contributed by atoms with Crippen molar-refractivity contribution in [3.05, 3.63) is 0 Å². The molecule has 0 radical (unpaired) electrons. The van der Waals surface area contributed by atoms with Crippen molar-refractivity contribution in [3.63, 3.8) is 0 Å². The summed E-state index contributed by atoms with van der Waals surface area (Å²) in [6.45, 7) is 15.3. The van der Waals surface area contributed by atoms with Gasteiger partial charge in [-0.3, -0.25) is 4.90 Å². The van der Waals surface area contributed by atoms with Crippen LogP contribution in [0.15, 0.2) is 0 Å². The quantitative estimate of drug-likeness (QED) is 0.652. The molecule has 6 nitrogen and oxygen atoms in total. The Hall–Kier alpha value is -0.850. The third kappa shape index (κ3) is 7.50. The van der Waals surface area contributed by atoms with E-state index in [2.05, 4.69) is 41.2 Å². The monoisotopic (exact) mass is 354 g/mol. The second kappa shape index (κ2) is 11.0. The molecule has 0 aromatic heterocycles. The molecule has 1 unspecified atom stereocenters. The van der Waals surface area contributed by atoms with E-state index in [4.69, 9.17) is 4.74 Å². The number of amides is 2. The highest BCUT2D eigenvalue weighted by molar-refractivity contribution is 5.73. The first-order valence-corrected chi connectivity index (χ1v) is 10.1. The number of carbonyl (C=O) groups is 1. The predicted octanol–water partition coefficient (Wildman–Crippen LogP) is 1.76. The molecule has 2 fully saturated rings. The van der Waals surface area contributed by atoms with E-state index in [0.29, 0.717) is 18.5 Å². The number of ether oxygens (including phenoxy) is 1. The Morgan fingerprint density at radius 3 is 2.44 bits per heavy atom. The van der Waals surface area contributed by atoms with Crippen LogP contribution in [0, 0.1) is 11.8 Å². The molecule has 0 bridgehead atoms. The molecule has 2 saturated heterocycles. The zero-order valence-electron chi connectivity index (χ0n) is 16.4. The van der Waals surface area contributed by atoms with Crippen molar-refractivity contribution in [1.82, 2.24) is 20.4 Å². The number of carbonyl (C=O) groups excluding carboxylic acids is 1. The third-order valence-electron chi connectivity index (χ3n) is 5.57. The summed E-state index contributed by atoms with van der Waals surface area (Å²) < 4.78 is 5.43. The molecule has 1 atom stereocenters. The summed E-state index contributed by atoms with van der Waals surface area (Å²) in [5.74, 6) is 1.39. The van der Waals surface area contributed by atoms with E-state index in [-0.39, 0.29) is 6.03 Å². The largest absolute Gasteiger partial charge is 0.379 e. The molecule has 2 aliphatic heterocycles. The van der Waals surface area contributed by atoms with E-state index >= 15 is 0 Å². The SMILES string of the molecule is CC1CCN(CCCNC(=O)NCC(C(C)C)N2CCOCC2)CC1. The van der Waals surface area contributed by atoms with Gasteiger partial charge in [-0.2, -0.15) is 0 Å². The Kier molecular flexibility index (Phi) is 8.99. The Bertz CT molecular complexity index is 378. The fraction of sp³-hybridized carbons (Fsp3) is 0.947. The van der Waals surface area contributed by atoms with Crippen molar-refractivity contribution in [2.45, 2.75) is 46.1 Å². The molecule has 2 heterocycles. The lowest BCUT2D eigenvalue weighted by Crippen LogP contribution is -2.52. The summed E-state index contributed by atoms with van der Waals surface area (Å²) in [6, 6.07) is 0.344. The topological polar surface area (TPSA) is 56.8 Å². The molecule has 0 spiro atoms. The summed E-state index contributed by atoms with van der Waals surface area (Å²) in [6.07, 6.45) is 3.65. The summed E-state index contributed by atoms with van der Waals surface area (Å²) in [5, 5.41) is 6.07. The van der Waals surface area contributed by atoms with Crippen molar-refractivity contribution < 1.29 is 9.53 Å². The number of hydrogen-bond donors (Lipinski definition) is 2. The zero-order valence-corrected chi connectivity index (χ0v) is 16.4. The number of nitrogens with one attached hydrogen (secondary N) is 2. The summed E-state index contributed by atoms with van der Waals surface area (Å²) in [7, 11) is 0. The maximum Gasteiger partial charge on any atom is 0.314 e. The maximum absolute atomic E-state index is 12.1. The highest BCUT2D eigenvalue weighted by Crippen LogP contribution is 2.15. The number of urea groups is 1.